The molecule has 3 aromatic rings. The molecule has 152 valence electrons. The van der Waals surface area contributed by atoms with Crippen molar-refractivity contribution in [3.63, 3.8) is 0 Å². The van der Waals surface area contributed by atoms with Gasteiger partial charge in [0.1, 0.15) is 11.5 Å². The maximum atomic E-state index is 13.9. The lowest BCUT2D eigenvalue weighted by molar-refractivity contribution is 0.0947. The van der Waals surface area contributed by atoms with Crippen LogP contribution < -0.4 is 5.32 Å². The molecule has 30 heavy (non-hydrogen) atoms. The van der Waals surface area contributed by atoms with Crippen molar-refractivity contribution in [1.82, 2.24) is 10.5 Å². The standard InChI is InChI=1S/C25H23FN2O2/c1-17-14-20(13-12-19(17)11-10-18-6-2-3-7-18)25(29)27-16-21-15-24(28-30-21)22-8-4-5-9-23(22)26/h4-5,8-9,12-15,18H,2-3,6-7,16H2,1H3,(H,27,29). The molecule has 1 heterocycles. The fraction of sp³-hybridized carbons (Fsp3) is 0.280. The first-order valence-corrected chi connectivity index (χ1v) is 10.2. The highest BCUT2D eigenvalue weighted by atomic mass is 19.1. The van der Waals surface area contributed by atoms with E-state index in [-0.39, 0.29) is 18.3 Å². The van der Waals surface area contributed by atoms with Crippen LogP contribution in [0.25, 0.3) is 11.3 Å². The zero-order valence-electron chi connectivity index (χ0n) is 16.9. The van der Waals surface area contributed by atoms with E-state index in [9.17, 15) is 9.18 Å². The van der Waals surface area contributed by atoms with Gasteiger partial charge in [0.2, 0.25) is 0 Å². The topological polar surface area (TPSA) is 55.1 Å². The molecular weight excluding hydrogens is 379 g/mol. The van der Waals surface area contributed by atoms with Crippen LogP contribution in [0, 0.1) is 30.5 Å². The van der Waals surface area contributed by atoms with Gasteiger partial charge in [-0.2, -0.15) is 0 Å². The normalized spacial score (nSPS) is 13.7. The minimum Gasteiger partial charge on any atom is -0.359 e. The number of rotatable bonds is 4. The van der Waals surface area contributed by atoms with Gasteiger partial charge in [-0.3, -0.25) is 4.79 Å². The van der Waals surface area contributed by atoms with Crippen molar-refractivity contribution in [3.8, 4) is 23.1 Å². The summed E-state index contributed by atoms with van der Waals surface area (Å²) in [7, 11) is 0. The second-order valence-corrected chi connectivity index (χ2v) is 7.62. The van der Waals surface area contributed by atoms with E-state index in [0.29, 0.717) is 28.5 Å². The quantitative estimate of drug-likeness (QED) is 0.606. The Balaban J connectivity index is 1.38. The average molecular weight is 402 g/mol. The van der Waals surface area contributed by atoms with E-state index in [2.05, 4.69) is 22.3 Å². The Morgan fingerprint density at radius 2 is 2.00 bits per heavy atom. The maximum absolute atomic E-state index is 13.9. The summed E-state index contributed by atoms with van der Waals surface area (Å²) in [5.41, 5.74) is 3.27. The molecule has 0 radical (unpaired) electrons. The number of hydrogen-bond donors (Lipinski definition) is 1. The molecule has 0 atom stereocenters. The molecule has 0 spiro atoms. The Labute approximate surface area is 175 Å². The van der Waals surface area contributed by atoms with Crippen LogP contribution in [0.15, 0.2) is 53.1 Å². The Morgan fingerprint density at radius 3 is 2.77 bits per heavy atom. The molecule has 1 N–H and O–H groups in total. The van der Waals surface area contributed by atoms with E-state index in [1.54, 1.807) is 30.3 Å². The van der Waals surface area contributed by atoms with Gasteiger partial charge in [-0.15, -0.1) is 0 Å². The van der Waals surface area contributed by atoms with Crippen LogP contribution in [0.3, 0.4) is 0 Å². The third kappa shape index (κ3) is 4.60. The number of aryl methyl sites for hydroxylation is 1. The lowest BCUT2D eigenvalue weighted by atomic mass is 10.0. The van der Waals surface area contributed by atoms with Gasteiger partial charge in [0, 0.05) is 28.7 Å². The van der Waals surface area contributed by atoms with E-state index >= 15 is 0 Å². The molecule has 1 saturated carbocycles. The van der Waals surface area contributed by atoms with Crippen LogP contribution in [0.2, 0.25) is 0 Å². The second-order valence-electron chi connectivity index (χ2n) is 7.62. The number of benzene rings is 2. The number of amides is 1. The molecule has 1 fully saturated rings. The van der Waals surface area contributed by atoms with Gasteiger partial charge in [0.05, 0.1) is 6.54 Å². The minimum atomic E-state index is -0.368. The fourth-order valence-corrected chi connectivity index (χ4v) is 3.66. The molecule has 1 aliphatic carbocycles. The fourth-order valence-electron chi connectivity index (χ4n) is 3.66. The molecule has 5 heteroatoms. The monoisotopic (exact) mass is 402 g/mol. The predicted molar refractivity (Wildman–Crippen MR) is 113 cm³/mol. The Hall–Kier alpha value is -3.39. The van der Waals surface area contributed by atoms with E-state index in [1.165, 1.54) is 31.7 Å². The van der Waals surface area contributed by atoms with Crippen molar-refractivity contribution in [2.45, 2.75) is 39.2 Å². The van der Waals surface area contributed by atoms with Crippen molar-refractivity contribution in [2.24, 2.45) is 5.92 Å². The molecule has 1 aromatic heterocycles. The van der Waals surface area contributed by atoms with Crippen LogP contribution in [0.5, 0.6) is 0 Å². The molecule has 0 unspecified atom stereocenters. The number of carbonyl (C=O) groups is 1. The summed E-state index contributed by atoms with van der Waals surface area (Å²) >= 11 is 0. The van der Waals surface area contributed by atoms with Gasteiger partial charge < -0.3 is 9.84 Å². The zero-order chi connectivity index (χ0) is 20.9. The Morgan fingerprint density at radius 1 is 1.20 bits per heavy atom. The van der Waals surface area contributed by atoms with Crippen molar-refractivity contribution >= 4 is 5.91 Å². The number of halogens is 1. The van der Waals surface area contributed by atoms with Gasteiger partial charge in [-0.05, 0) is 55.7 Å². The molecule has 1 aliphatic rings. The van der Waals surface area contributed by atoms with E-state index in [4.69, 9.17) is 4.52 Å². The first kappa shape index (κ1) is 19.9. The van der Waals surface area contributed by atoms with Gasteiger partial charge in [0.15, 0.2) is 5.76 Å². The maximum Gasteiger partial charge on any atom is 0.251 e. The molecule has 0 saturated heterocycles. The van der Waals surface area contributed by atoms with E-state index < -0.39 is 0 Å². The molecular formula is C25H23FN2O2. The third-order valence-electron chi connectivity index (χ3n) is 5.39. The van der Waals surface area contributed by atoms with Crippen LogP contribution in [-0.4, -0.2) is 11.1 Å². The number of aromatic nitrogens is 1. The van der Waals surface area contributed by atoms with Crippen LogP contribution >= 0.6 is 0 Å². The smallest absolute Gasteiger partial charge is 0.251 e. The number of carbonyl (C=O) groups excluding carboxylic acids is 1. The number of hydrogen-bond acceptors (Lipinski definition) is 3. The number of nitrogens with zero attached hydrogens (tertiary/aromatic N) is 1. The molecule has 0 bridgehead atoms. The third-order valence-corrected chi connectivity index (χ3v) is 5.39. The van der Waals surface area contributed by atoms with E-state index in [0.717, 1.165) is 11.1 Å². The van der Waals surface area contributed by atoms with Crippen LogP contribution in [-0.2, 0) is 6.54 Å². The van der Waals surface area contributed by atoms with E-state index in [1.807, 2.05) is 19.1 Å². The molecule has 4 rings (SSSR count). The molecule has 4 nitrogen and oxygen atoms in total. The van der Waals surface area contributed by atoms with Crippen LogP contribution in [0.1, 0.15) is 52.9 Å². The van der Waals surface area contributed by atoms with Gasteiger partial charge in [-0.1, -0.05) is 42.0 Å². The SMILES string of the molecule is Cc1cc(C(=O)NCc2cc(-c3ccccc3F)no2)ccc1C#CC1CCCC1. The Kier molecular flexibility index (Phi) is 5.94. The summed E-state index contributed by atoms with van der Waals surface area (Å²) < 4.78 is 19.1. The molecule has 1 amide bonds. The van der Waals surface area contributed by atoms with Gasteiger partial charge in [0.25, 0.3) is 5.91 Å². The predicted octanol–water partition coefficient (Wildman–Crippen LogP) is 5.26. The molecule has 2 aromatic carbocycles. The lowest BCUT2D eigenvalue weighted by Crippen LogP contribution is -2.22. The summed E-state index contributed by atoms with van der Waals surface area (Å²) in [5, 5.41) is 6.71. The largest absolute Gasteiger partial charge is 0.359 e. The highest BCUT2D eigenvalue weighted by Crippen LogP contribution is 2.24. The summed E-state index contributed by atoms with van der Waals surface area (Å²) in [5.74, 6) is 7.00. The highest BCUT2D eigenvalue weighted by Gasteiger charge is 2.13. The summed E-state index contributed by atoms with van der Waals surface area (Å²) in [6.45, 7) is 2.13. The average Bonchev–Trinajstić information content (AvgIpc) is 3.43. The number of nitrogens with one attached hydrogen (secondary N) is 1. The van der Waals surface area contributed by atoms with Crippen LogP contribution in [0.4, 0.5) is 4.39 Å². The Bertz CT molecular complexity index is 1120. The van der Waals surface area contributed by atoms with Crippen molar-refractivity contribution in [2.75, 3.05) is 0 Å². The zero-order valence-corrected chi connectivity index (χ0v) is 16.9. The van der Waals surface area contributed by atoms with Crippen molar-refractivity contribution in [1.29, 1.82) is 0 Å². The second kappa shape index (κ2) is 8.96. The lowest BCUT2D eigenvalue weighted by Gasteiger charge is -2.05. The van der Waals surface area contributed by atoms with Crippen molar-refractivity contribution in [3.05, 3.63) is 76.8 Å². The molecule has 0 aliphatic heterocycles. The highest BCUT2D eigenvalue weighted by molar-refractivity contribution is 5.94. The summed E-state index contributed by atoms with van der Waals surface area (Å²) in [6.07, 6.45) is 4.91. The van der Waals surface area contributed by atoms with Gasteiger partial charge >= 0.3 is 0 Å². The van der Waals surface area contributed by atoms with Crippen molar-refractivity contribution < 1.29 is 13.7 Å². The van der Waals surface area contributed by atoms with Gasteiger partial charge in [-0.25, -0.2) is 4.39 Å². The first-order chi connectivity index (χ1) is 14.6. The summed E-state index contributed by atoms with van der Waals surface area (Å²) in [6, 6.07) is 13.5. The minimum absolute atomic E-state index is 0.169. The first-order valence-electron chi connectivity index (χ1n) is 10.2. The summed E-state index contributed by atoms with van der Waals surface area (Å²) in [4.78, 5) is 12.5.